The van der Waals surface area contributed by atoms with Crippen LogP contribution in [0, 0.1) is 5.82 Å². The van der Waals surface area contributed by atoms with Gasteiger partial charge in [-0.05, 0) is 12.1 Å². The van der Waals surface area contributed by atoms with Gasteiger partial charge in [0.05, 0.1) is 12.2 Å². The summed E-state index contributed by atoms with van der Waals surface area (Å²) in [6.45, 7) is 0.319. The molecule has 0 aliphatic carbocycles. The summed E-state index contributed by atoms with van der Waals surface area (Å²) in [5, 5.41) is 0.584. The Kier molecular flexibility index (Phi) is 4.54. The van der Waals surface area contributed by atoms with E-state index >= 15 is 0 Å². The van der Waals surface area contributed by atoms with Crippen molar-refractivity contribution >= 4 is 38.1 Å². The number of ether oxygens (including phenoxy) is 1. The summed E-state index contributed by atoms with van der Waals surface area (Å²) in [5.74, 6) is -0.537. The Morgan fingerprint density at radius 3 is 2.79 bits per heavy atom. The minimum absolute atomic E-state index is 0.00245. The van der Waals surface area contributed by atoms with Gasteiger partial charge in [-0.3, -0.25) is 4.79 Å². The van der Waals surface area contributed by atoms with Crippen LogP contribution in [0.1, 0.15) is 10.4 Å². The second kappa shape index (κ2) is 5.46. The molecule has 0 N–H and O–H groups in total. The maximum absolute atomic E-state index is 13.3. The quantitative estimate of drug-likeness (QED) is 0.628. The molecule has 76 valence electrons. The summed E-state index contributed by atoms with van der Waals surface area (Å²) in [4.78, 5) is 10.6. The molecule has 0 bridgehead atoms. The summed E-state index contributed by atoms with van der Waals surface area (Å²) < 4.78 is 18.9. The molecule has 5 heteroatoms. The van der Waals surface area contributed by atoms with Crippen molar-refractivity contribution in [1.82, 2.24) is 0 Å². The number of carbonyl (C=O) groups is 1. The Bertz CT molecular complexity index is 342. The molecule has 1 aromatic rings. The zero-order valence-corrected chi connectivity index (χ0v) is 10.3. The van der Waals surface area contributed by atoms with Crippen molar-refractivity contribution in [1.29, 1.82) is 0 Å². The number of hydrogen-bond donors (Lipinski definition) is 0. The smallest absolute Gasteiger partial charge is 0.166 e. The Hall–Kier alpha value is -0.420. The average molecular weight is 326 g/mol. The second-order valence-corrected chi connectivity index (χ2v) is 4.17. The summed E-state index contributed by atoms with van der Waals surface area (Å²) >= 11 is 6.24. The van der Waals surface area contributed by atoms with Crippen molar-refractivity contribution in [2.75, 3.05) is 11.9 Å². The number of carbonyl (C=O) groups excluding carboxylic acids is 1. The number of aldehydes is 1. The summed E-state index contributed by atoms with van der Waals surface area (Å²) in [6, 6.07) is 2.77. The van der Waals surface area contributed by atoms with Crippen LogP contribution in [0.5, 0.6) is 5.75 Å². The number of rotatable bonds is 4. The second-order valence-electron chi connectivity index (χ2n) is 2.46. The molecule has 1 aromatic carbocycles. The van der Waals surface area contributed by atoms with Gasteiger partial charge in [0.25, 0.3) is 0 Å². The topological polar surface area (TPSA) is 26.3 Å². The Morgan fingerprint density at radius 2 is 2.21 bits per heavy atom. The van der Waals surface area contributed by atoms with Crippen LogP contribution in [0.4, 0.5) is 4.39 Å². The fraction of sp³-hybridized carbons (Fsp3) is 0.222. The molecule has 1 rings (SSSR count). The predicted octanol–water partition coefficient (Wildman–Crippen LogP) is 3.17. The lowest BCUT2D eigenvalue weighted by atomic mass is 10.2. The van der Waals surface area contributed by atoms with Gasteiger partial charge in [0.1, 0.15) is 0 Å². The first-order valence-electron chi connectivity index (χ1n) is 3.82. The standard InChI is InChI=1S/C9H7Br2FO2/c10-1-2-14-9-6(5-13)3-7(11)4-8(9)12/h3-5H,1-2H2. The third-order valence-corrected chi connectivity index (χ3v) is 2.27. The van der Waals surface area contributed by atoms with Crippen LogP contribution >= 0.6 is 31.9 Å². The van der Waals surface area contributed by atoms with Crippen LogP contribution in [0.2, 0.25) is 0 Å². The Morgan fingerprint density at radius 1 is 1.50 bits per heavy atom. The zero-order valence-electron chi connectivity index (χ0n) is 7.10. The van der Waals surface area contributed by atoms with Crippen molar-refractivity contribution in [3.63, 3.8) is 0 Å². The van der Waals surface area contributed by atoms with E-state index in [4.69, 9.17) is 4.74 Å². The third-order valence-electron chi connectivity index (χ3n) is 1.49. The fourth-order valence-corrected chi connectivity index (χ4v) is 1.57. The lowest BCUT2D eigenvalue weighted by Crippen LogP contribution is -2.03. The number of hydrogen-bond acceptors (Lipinski definition) is 2. The maximum atomic E-state index is 13.3. The lowest BCUT2D eigenvalue weighted by Gasteiger charge is -2.08. The van der Waals surface area contributed by atoms with Gasteiger partial charge in [-0.15, -0.1) is 0 Å². The largest absolute Gasteiger partial charge is 0.489 e. The maximum Gasteiger partial charge on any atom is 0.166 e. The summed E-state index contributed by atoms with van der Waals surface area (Å²) in [5.41, 5.74) is 0.206. The van der Waals surface area contributed by atoms with Gasteiger partial charge < -0.3 is 4.74 Å². The van der Waals surface area contributed by atoms with Crippen molar-refractivity contribution in [3.8, 4) is 5.75 Å². The zero-order chi connectivity index (χ0) is 10.6. The first-order chi connectivity index (χ1) is 6.69. The van der Waals surface area contributed by atoms with E-state index in [1.165, 1.54) is 12.1 Å². The van der Waals surface area contributed by atoms with Crippen molar-refractivity contribution in [2.45, 2.75) is 0 Å². The monoisotopic (exact) mass is 324 g/mol. The van der Waals surface area contributed by atoms with Crippen LogP contribution in [0.25, 0.3) is 0 Å². The van der Waals surface area contributed by atoms with Gasteiger partial charge in [-0.2, -0.15) is 0 Å². The van der Waals surface area contributed by atoms with Gasteiger partial charge in [0.2, 0.25) is 0 Å². The SMILES string of the molecule is O=Cc1cc(Br)cc(F)c1OCCBr. The molecule has 0 unspecified atom stereocenters. The van der Waals surface area contributed by atoms with E-state index in [0.29, 0.717) is 22.7 Å². The van der Waals surface area contributed by atoms with Crippen molar-refractivity contribution in [2.24, 2.45) is 0 Å². The highest BCUT2D eigenvalue weighted by molar-refractivity contribution is 9.10. The number of halogens is 3. The van der Waals surface area contributed by atoms with E-state index in [-0.39, 0.29) is 11.3 Å². The van der Waals surface area contributed by atoms with Crippen LogP contribution in [-0.2, 0) is 0 Å². The van der Waals surface area contributed by atoms with Crippen LogP contribution in [0.15, 0.2) is 16.6 Å². The molecule has 0 aliphatic heterocycles. The molecule has 0 aliphatic rings. The molecule has 2 nitrogen and oxygen atoms in total. The van der Waals surface area contributed by atoms with Crippen molar-refractivity contribution < 1.29 is 13.9 Å². The molecule has 0 fully saturated rings. The van der Waals surface area contributed by atoms with E-state index < -0.39 is 5.82 Å². The first-order valence-corrected chi connectivity index (χ1v) is 5.73. The number of alkyl halides is 1. The molecule has 0 aromatic heterocycles. The molecule has 0 heterocycles. The van der Waals surface area contributed by atoms with Gasteiger partial charge in [0.15, 0.2) is 17.9 Å². The normalized spacial score (nSPS) is 9.93. The highest BCUT2D eigenvalue weighted by atomic mass is 79.9. The average Bonchev–Trinajstić information content (AvgIpc) is 2.15. The fourth-order valence-electron chi connectivity index (χ4n) is 0.961. The molecule has 0 saturated heterocycles. The molecule has 0 saturated carbocycles. The van der Waals surface area contributed by atoms with E-state index in [9.17, 15) is 9.18 Å². The Balaban J connectivity index is 3.05. The van der Waals surface area contributed by atoms with Crippen LogP contribution in [0.3, 0.4) is 0 Å². The molecule has 0 radical (unpaired) electrons. The van der Waals surface area contributed by atoms with Crippen LogP contribution in [-0.4, -0.2) is 18.2 Å². The molecular weight excluding hydrogens is 319 g/mol. The number of benzene rings is 1. The Labute approximate surface area is 97.7 Å². The van der Waals surface area contributed by atoms with E-state index in [1.54, 1.807) is 0 Å². The molecule has 14 heavy (non-hydrogen) atoms. The summed E-state index contributed by atoms with van der Waals surface area (Å²) in [7, 11) is 0. The minimum atomic E-state index is -0.539. The van der Waals surface area contributed by atoms with E-state index in [0.717, 1.165) is 0 Å². The van der Waals surface area contributed by atoms with Crippen LogP contribution < -0.4 is 4.74 Å². The molecule has 0 atom stereocenters. The molecular formula is C9H7Br2FO2. The third kappa shape index (κ3) is 2.78. The minimum Gasteiger partial charge on any atom is -0.489 e. The van der Waals surface area contributed by atoms with E-state index in [1.807, 2.05) is 0 Å². The predicted molar refractivity (Wildman–Crippen MR) is 58.8 cm³/mol. The van der Waals surface area contributed by atoms with Crippen molar-refractivity contribution in [3.05, 3.63) is 28.0 Å². The highest BCUT2D eigenvalue weighted by Gasteiger charge is 2.10. The molecule has 0 spiro atoms. The lowest BCUT2D eigenvalue weighted by molar-refractivity contribution is 0.111. The first kappa shape index (κ1) is 11.7. The van der Waals surface area contributed by atoms with Gasteiger partial charge in [0, 0.05) is 9.80 Å². The summed E-state index contributed by atoms with van der Waals surface area (Å²) in [6.07, 6.45) is 0.567. The van der Waals surface area contributed by atoms with Gasteiger partial charge >= 0.3 is 0 Å². The highest BCUT2D eigenvalue weighted by Crippen LogP contribution is 2.26. The van der Waals surface area contributed by atoms with E-state index in [2.05, 4.69) is 31.9 Å². The van der Waals surface area contributed by atoms with Gasteiger partial charge in [-0.25, -0.2) is 4.39 Å². The molecule has 0 amide bonds. The van der Waals surface area contributed by atoms with Gasteiger partial charge in [-0.1, -0.05) is 31.9 Å².